The number of carbonyl (C=O) groups excluding carboxylic acids is 3. The van der Waals surface area contributed by atoms with Crippen molar-refractivity contribution in [3.63, 3.8) is 0 Å². The predicted octanol–water partition coefficient (Wildman–Crippen LogP) is 11.0. The van der Waals surface area contributed by atoms with Crippen LogP contribution in [0.3, 0.4) is 0 Å². The Morgan fingerprint density at radius 1 is 0.582 bits per heavy atom. The van der Waals surface area contributed by atoms with Gasteiger partial charge >= 0.3 is 29.7 Å². The number of ether oxygens (including phenoxy) is 6. The summed E-state index contributed by atoms with van der Waals surface area (Å²) in [4.78, 5) is 99.8. The van der Waals surface area contributed by atoms with Crippen LogP contribution in [0.4, 0.5) is 14.4 Å². The third-order valence-electron chi connectivity index (χ3n) is 17.7. The highest BCUT2D eigenvalue weighted by atomic mass is 16.7. The van der Waals surface area contributed by atoms with E-state index < -0.39 is 82.8 Å². The second-order valence-electron chi connectivity index (χ2n) is 27.9. The Bertz CT molecular complexity index is 3720. The Morgan fingerprint density at radius 2 is 1.00 bits per heavy atom. The molecule has 6 heterocycles. The molecule has 4 unspecified atom stereocenters. The third kappa shape index (κ3) is 22.4. The quantitative estimate of drug-likeness (QED) is 0.0409. The minimum atomic E-state index is -0.843. The van der Waals surface area contributed by atoms with Gasteiger partial charge in [0.05, 0.1) is 24.4 Å². The SMILES string of the molecule is CC(C)(C)OC(=O)N1CCCCC1CN(Cc1ccccc1)CC(O)c1ccccc1.CC[C@H]1O[C@@H](n2cc(C)c(=O)[nH]c2=O)C[C@H]1O.CC[C@H]1O[C@@H](n2cc(C)c(=O)[nH]c2=O)C[C@H]1OC(=O)OC(CN(Cc1ccccc1)CC1CCCCN1C(=O)OC(C)(C)C)c1ccccc1. The molecule has 4 aromatic carbocycles. The summed E-state index contributed by atoms with van der Waals surface area (Å²) in [5.74, 6) is 0. The average molecular weight is 1360 g/mol. The van der Waals surface area contributed by atoms with Gasteiger partial charge in [-0.2, -0.15) is 0 Å². The maximum absolute atomic E-state index is 13.6. The highest BCUT2D eigenvalue weighted by Crippen LogP contribution is 2.34. The van der Waals surface area contributed by atoms with Crippen LogP contribution in [0.2, 0.25) is 0 Å². The zero-order valence-electron chi connectivity index (χ0n) is 58.6. The standard InChI is InChI=1S/C38H50N4O8.C26H36N2O3.C11H16N2O4/c1-6-30-31(21-33(47-30)42-22-26(2)34(43)39-35(42)44)48-37(46)49-32(28-17-11-8-12-18-28)25-40(23-27-15-9-7-10-16-27)24-29-19-13-14-20-41(29)36(45)50-38(3,4)5;1-26(2,3)31-25(30)28-17-11-10-16-23(28)19-27(18-21-12-6-4-7-13-21)20-24(29)22-14-8-5-9-15-22;1-3-8-7(14)4-9(17-8)13-5-6(2)10(15)12-11(13)16/h7-12,15-18,22,29-33H,6,13-14,19-21,23-25H2,1-5H3,(H,39,43,44);4-9,12-15,23-24,29H,10-11,16-20H2,1-3H3;5,7-9,14H,3-4H2,1-2H3,(H,12,15,16)/t29?,30-,31-,32?,33-;;7-,8-,9-/m1.1/s1. The number of H-pyrrole nitrogens is 2. The van der Waals surface area contributed by atoms with E-state index in [0.29, 0.717) is 69.7 Å². The summed E-state index contributed by atoms with van der Waals surface area (Å²) >= 11 is 0. The third-order valence-corrected chi connectivity index (χ3v) is 17.7. The molecule has 23 heteroatoms. The molecule has 0 bridgehead atoms. The van der Waals surface area contributed by atoms with E-state index in [1.165, 1.54) is 27.1 Å². The normalized spacial score (nSPS) is 21.7. The zero-order chi connectivity index (χ0) is 70.7. The van der Waals surface area contributed by atoms with Crippen LogP contribution in [-0.4, -0.2) is 154 Å². The topological polar surface area (TPSA) is 270 Å². The first kappa shape index (κ1) is 75.6. The fourth-order valence-electron chi connectivity index (χ4n) is 12.8. The van der Waals surface area contributed by atoms with Gasteiger partial charge in [-0.05, 0) is 129 Å². The molecule has 4 N–H and O–H groups in total. The summed E-state index contributed by atoms with van der Waals surface area (Å²) in [6.07, 6.45) is 4.71. The predicted molar refractivity (Wildman–Crippen MR) is 372 cm³/mol. The number of likely N-dealkylation sites (tertiary alicyclic amines) is 2. The molecule has 23 nitrogen and oxygen atoms in total. The summed E-state index contributed by atoms with van der Waals surface area (Å²) in [5.41, 5.74) is 1.77. The van der Waals surface area contributed by atoms with Gasteiger partial charge in [0, 0.05) is 101 Å². The lowest BCUT2D eigenvalue weighted by molar-refractivity contribution is -0.0489. The van der Waals surface area contributed by atoms with Gasteiger partial charge in [-0.25, -0.2) is 24.0 Å². The first-order valence-corrected chi connectivity index (χ1v) is 34.5. The van der Waals surface area contributed by atoms with Crippen molar-refractivity contribution in [2.45, 2.75) is 219 Å². The molecule has 10 atom stereocenters. The molecule has 2 amide bonds. The van der Waals surface area contributed by atoms with Crippen LogP contribution in [0.25, 0.3) is 0 Å². The largest absolute Gasteiger partial charge is 0.509 e. The monoisotopic (exact) mass is 1350 g/mol. The van der Waals surface area contributed by atoms with Crippen molar-refractivity contribution in [2.24, 2.45) is 0 Å². The number of hydrogen-bond acceptors (Lipinski definition) is 17. The van der Waals surface area contributed by atoms with Gasteiger partial charge in [0.2, 0.25) is 0 Å². The van der Waals surface area contributed by atoms with E-state index in [2.05, 4.69) is 44.0 Å². The fraction of sp³-hybridized carbons (Fsp3) is 0.533. The van der Waals surface area contributed by atoms with Crippen LogP contribution in [-0.2, 0) is 41.5 Å². The van der Waals surface area contributed by atoms with Crippen LogP contribution in [0, 0.1) is 13.8 Å². The summed E-state index contributed by atoms with van der Waals surface area (Å²) in [7, 11) is 0. The first-order valence-electron chi connectivity index (χ1n) is 34.5. The van der Waals surface area contributed by atoms with Gasteiger partial charge in [0.15, 0.2) is 0 Å². The molecular formula is C75H102N8O15. The molecule has 4 fully saturated rings. The zero-order valence-corrected chi connectivity index (χ0v) is 58.6. The molecule has 6 aromatic rings. The number of aryl methyl sites for hydroxylation is 2. The average Bonchev–Trinajstić information content (AvgIpc) is 1.62. The van der Waals surface area contributed by atoms with Crippen LogP contribution in [0.1, 0.15) is 178 Å². The van der Waals surface area contributed by atoms with Crippen molar-refractivity contribution in [1.29, 1.82) is 0 Å². The number of nitrogens with zero attached hydrogens (tertiary/aromatic N) is 6. The van der Waals surface area contributed by atoms with Gasteiger partial charge in [-0.15, -0.1) is 0 Å². The molecule has 4 saturated heterocycles. The number of nitrogens with one attached hydrogen (secondary N) is 2. The van der Waals surface area contributed by atoms with Crippen molar-refractivity contribution in [3.05, 3.63) is 209 Å². The molecule has 4 aliphatic rings. The molecule has 0 radical (unpaired) electrons. The fourth-order valence-corrected chi connectivity index (χ4v) is 12.8. The number of aromatic nitrogens is 4. The number of rotatable bonds is 20. The van der Waals surface area contributed by atoms with Gasteiger partial charge in [-0.1, -0.05) is 135 Å². The van der Waals surface area contributed by atoms with Crippen LogP contribution >= 0.6 is 0 Å². The molecular weight excluding hydrogens is 1250 g/mol. The van der Waals surface area contributed by atoms with Gasteiger partial charge in [-0.3, -0.25) is 38.5 Å². The molecule has 0 saturated carbocycles. The second kappa shape index (κ2) is 35.5. The number of hydrogen-bond donors (Lipinski definition) is 4. The lowest BCUT2D eigenvalue weighted by Crippen LogP contribution is -2.51. The van der Waals surface area contributed by atoms with E-state index in [9.17, 15) is 43.8 Å². The van der Waals surface area contributed by atoms with Crippen LogP contribution in [0.15, 0.2) is 153 Å². The van der Waals surface area contributed by atoms with Gasteiger partial charge in [0.1, 0.15) is 35.9 Å². The Labute approximate surface area is 574 Å². The van der Waals surface area contributed by atoms with E-state index in [-0.39, 0.29) is 36.8 Å². The number of carbonyl (C=O) groups is 3. The minimum absolute atomic E-state index is 0.0790. The minimum Gasteiger partial charge on any atom is -0.444 e. The van der Waals surface area contributed by atoms with Crippen LogP contribution in [0.5, 0.6) is 0 Å². The summed E-state index contributed by atoms with van der Waals surface area (Å²) in [6, 6.07) is 39.7. The molecule has 0 aliphatic carbocycles. The first-order chi connectivity index (χ1) is 46.7. The summed E-state index contributed by atoms with van der Waals surface area (Å²) < 4.78 is 37.8. The van der Waals surface area contributed by atoms with Crippen molar-refractivity contribution < 1.29 is 53.0 Å². The Balaban J connectivity index is 0.000000215. The highest BCUT2D eigenvalue weighted by molar-refractivity contribution is 5.69. The molecule has 4 aliphatic heterocycles. The number of aliphatic hydroxyl groups is 2. The Morgan fingerprint density at radius 3 is 1.44 bits per heavy atom. The molecule has 532 valence electrons. The maximum atomic E-state index is 13.6. The van der Waals surface area contributed by atoms with E-state index in [0.717, 1.165) is 68.3 Å². The van der Waals surface area contributed by atoms with Crippen molar-refractivity contribution in [3.8, 4) is 0 Å². The van der Waals surface area contributed by atoms with E-state index in [1.54, 1.807) is 13.8 Å². The Hall–Kier alpha value is -8.19. The van der Waals surface area contributed by atoms with E-state index in [4.69, 9.17) is 28.4 Å². The number of amides is 2. The van der Waals surface area contributed by atoms with E-state index in [1.807, 2.05) is 162 Å². The van der Waals surface area contributed by atoms with Gasteiger partial charge in [0.25, 0.3) is 11.1 Å². The number of piperidine rings is 2. The van der Waals surface area contributed by atoms with Gasteiger partial charge < -0.3 is 48.4 Å². The number of aromatic amines is 2. The molecule has 0 spiro atoms. The highest BCUT2D eigenvalue weighted by Gasteiger charge is 2.41. The lowest BCUT2D eigenvalue weighted by atomic mass is 10.0. The summed E-state index contributed by atoms with van der Waals surface area (Å²) in [5, 5.41) is 20.6. The molecule has 10 rings (SSSR count). The van der Waals surface area contributed by atoms with Crippen LogP contribution < -0.4 is 22.5 Å². The second-order valence-corrected chi connectivity index (χ2v) is 27.9. The molecule has 98 heavy (non-hydrogen) atoms. The van der Waals surface area contributed by atoms with Crippen molar-refractivity contribution in [1.82, 2.24) is 38.7 Å². The Kier molecular flexibility index (Phi) is 27.4. The number of aliphatic hydroxyl groups excluding tert-OH is 2. The van der Waals surface area contributed by atoms with Crippen molar-refractivity contribution in [2.75, 3.05) is 39.3 Å². The van der Waals surface area contributed by atoms with Crippen molar-refractivity contribution >= 4 is 18.3 Å². The smallest absolute Gasteiger partial charge is 0.444 e. The lowest BCUT2D eigenvalue weighted by Gasteiger charge is -2.40. The molecule has 2 aromatic heterocycles. The maximum Gasteiger partial charge on any atom is 0.509 e. The number of benzene rings is 4. The van der Waals surface area contributed by atoms with E-state index >= 15 is 0 Å². The summed E-state index contributed by atoms with van der Waals surface area (Å²) in [6.45, 7) is 23.2.